The van der Waals surface area contributed by atoms with Crippen molar-refractivity contribution in [2.24, 2.45) is 5.92 Å². The van der Waals surface area contributed by atoms with Crippen molar-refractivity contribution in [1.29, 1.82) is 0 Å². The average molecular weight is 431 g/mol. The van der Waals surface area contributed by atoms with E-state index >= 15 is 0 Å². The lowest BCUT2D eigenvalue weighted by Crippen LogP contribution is -2.43. The fourth-order valence-corrected chi connectivity index (χ4v) is 5.28. The van der Waals surface area contributed by atoms with Gasteiger partial charge in [-0.15, -0.1) is 0 Å². The molecule has 1 aliphatic rings. The zero-order valence-electron chi connectivity index (χ0n) is 17.4. The topological polar surface area (TPSA) is 75.7 Å². The average Bonchev–Trinajstić information content (AvgIpc) is 2.76. The first-order valence-electron chi connectivity index (χ1n) is 10.4. The second-order valence-corrected chi connectivity index (χ2v) is 9.65. The van der Waals surface area contributed by atoms with Gasteiger partial charge >= 0.3 is 0 Å². The maximum absolute atomic E-state index is 12.8. The zero-order valence-corrected chi connectivity index (χ0v) is 18.2. The van der Waals surface area contributed by atoms with Gasteiger partial charge in [0.25, 0.3) is 0 Å². The van der Waals surface area contributed by atoms with Crippen LogP contribution in [0.5, 0.6) is 0 Å². The lowest BCUT2D eigenvalue weighted by Gasteiger charge is -2.30. The smallest absolute Gasteiger partial charge is 0.223 e. The van der Waals surface area contributed by atoms with Gasteiger partial charge in [0.15, 0.2) is 0 Å². The van der Waals surface area contributed by atoms with Crippen LogP contribution in [0.4, 0.5) is 0 Å². The van der Waals surface area contributed by atoms with Gasteiger partial charge in [-0.2, -0.15) is 0 Å². The third-order valence-corrected chi connectivity index (χ3v) is 7.30. The molecule has 0 spiro atoms. The Morgan fingerprint density at radius 3 is 2.43 bits per heavy atom. The Bertz CT molecular complexity index is 923. The number of nitrogens with zero attached hydrogens (tertiary/aromatic N) is 1. The molecule has 0 atom stereocenters. The highest BCUT2D eigenvalue weighted by molar-refractivity contribution is 7.88. The van der Waals surface area contributed by atoms with Crippen LogP contribution in [0.1, 0.15) is 29.5 Å². The Hall–Kier alpha value is -2.22. The molecule has 1 fully saturated rings. The second kappa shape index (κ2) is 10.7. The molecule has 1 amide bonds. The normalized spacial score (nSPS) is 15.8. The standard InChI is InChI=1S/C23H30N2O4S/c1-19-7-5-6-10-22(19)18-30(27,28)25-14-11-21(12-15-25)23(26)24-13-16-29-17-20-8-3-2-4-9-20/h2-10,21H,11-18H2,1H3,(H,24,26). The first-order valence-corrected chi connectivity index (χ1v) is 12.0. The van der Waals surface area contributed by atoms with E-state index in [0.29, 0.717) is 45.7 Å². The second-order valence-electron chi connectivity index (χ2n) is 7.69. The van der Waals surface area contributed by atoms with Crippen LogP contribution in [0.15, 0.2) is 54.6 Å². The predicted octanol–water partition coefficient (Wildman–Crippen LogP) is 2.87. The molecule has 0 saturated carbocycles. The number of carbonyl (C=O) groups excluding carboxylic acids is 1. The summed E-state index contributed by atoms with van der Waals surface area (Å²) in [6, 6.07) is 17.4. The minimum atomic E-state index is -3.38. The van der Waals surface area contributed by atoms with Gasteiger partial charge in [-0.25, -0.2) is 12.7 Å². The third-order valence-electron chi connectivity index (χ3n) is 5.47. The minimum absolute atomic E-state index is 0.00922. The highest BCUT2D eigenvalue weighted by Crippen LogP contribution is 2.22. The number of piperidine rings is 1. The van der Waals surface area contributed by atoms with Crippen molar-refractivity contribution in [2.75, 3.05) is 26.2 Å². The van der Waals surface area contributed by atoms with Crippen molar-refractivity contribution in [1.82, 2.24) is 9.62 Å². The maximum atomic E-state index is 12.8. The van der Waals surface area contributed by atoms with Gasteiger partial charge in [-0.1, -0.05) is 54.6 Å². The first-order chi connectivity index (χ1) is 14.5. The predicted molar refractivity (Wildman–Crippen MR) is 117 cm³/mol. The Morgan fingerprint density at radius 1 is 1.07 bits per heavy atom. The SMILES string of the molecule is Cc1ccccc1CS(=O)(=O)N1CCC(C(=O)NCCOCc2ccccc2)CC1. The Kier molecular flexibility index (Phi) is 8.01. The van der Waals surface area contributed by atoms with Crippen molar-refractivity contribution in [3.8, 4) is 0 Å². The molecule has 3 rings (SSSR count). The summed E-state index contributed by atoms with van der Waals surface area (Å²) < 4.78 is 32.6. The molecule has 1 heterocycles. The van der Waals surface area contributed by atoms with Gasteiger partial charge in [-0.3, -0.25) is 4.79 Å². The van der Waals surface area contributed by atoms with E-state index in [4.69, 9.17) is 4.74 Å². The highest BCUT2D eigenvalue weighted by Gasteiger charge is 2.31. The van der Waals surface area contributed by atoms with Crippen LogP contribution < -0.4 is 5.32 Å². The van der Waals surface area contributed by atoms with E-state index in [1.54, 1.807) is 0 Å². The van der Waals surface area contributed by atoms with Crippen molar-refractivity contribution in [3.63, 3.8) is 0 Å². The van der Waals surface area contributed by atoms with E-state index in [2.05, 4.69) is 5.32 Å². The van der Waals surface area contributed by atoms with Crippen molar-refractivity contribution < 1.29 is 17.9 Å². The lowest BCUT2D eigenvalue weighted by atomic mass is 9.97. The number of amides is 1. The molecule has 0 bridgehead atoms. The van der Waals surface area contributed by atoms with E-state index in [1.165, 1.54) is 4.31 Å². The largest absolute Gasteiger partial charge is 0.375 e. The summed E-state index contributed by atoms with van der Waals surface area (Å²) in [5.41, 5.74) is 2.90. The molecule has 162 valence electrons. The molecule has 2 aromatic carbocycles. The van der Waals surface area contributed by atoms with Gasteiger partial charge in [0.1, 0.15) is 0 Å². The van der Waals surface area contributed by atoms with Crippen LogP contribution in [0.25, 0.3) is 0 Å². The molecule has 0 unspecified atom stereocenters. The summed E-state index contributed by atoms with van der Waals surface area (Å²) in [4.78, 5) is 12.4. The van der Waals surface area contributed by atoms with E-state index < -0.39 is 10.0 Å². The summed E-state index contributed by atoms with van der Waals surface area (Å²) >= 11 is 0. The van der Waals surface area contributed by atoms with E-state index in [1.807, 2.05) is 61.5 Å². The van der Waals surface area contributed by atoms with Gasteiger partial charge in [-0.05, 0) is 36.5 Å². The number of hydrogen-bond acceptors (Lipinski definition) is 4. The summed E-state index contributed by atoms with van der Waals surface area (Å²) in [6.07, 6.45) is 1.09. The number of hydrogen-bond donors (Lipinski definition) is 1. The molecule has 2 aromatic rings. The summed E-state index contributed by atoms with van der Waals surface area (Å²) in [6.45, 7) is 4.12. The molecule has 1 aliphatic heterocycles. The summed E-state index contributed by atoms with van der Waals surface area (Å²) in [5.74, 6) is -0.159. The van der Waals surface area contributed by atoms with Crippen molar-refractivity contribution >= 4 is 15.9 Å². The van der Waals surface area contributed by atoms with Crippen LogP contribution in [0.2, 0.25) is 0 Å². The number of aryl methyl sites for hydroxylation is 1. The van der Waals surface area contributed by atoms with Gasteiger partial charge in [0, 0.05) is 25.6 Å². The van der Waals surface area contributed by atoms with E-state index in [9.17, 15) is 13.2 Å². The van der Waals surface area contributed by atoms with E-state index in [-0.39, 0.29) is 17.6 Å². The monoisotopic (exact) mass is 430 g/mol. The molecule has 6 nitrogen and oxygen atoms in total. The Labute approximate surface area is 179 Å². The fourth-order valence-electron chi connectivity index (χ4n) is 3.61. The molecule has 0 aliphatic carbocycles. The lowest BCUT2D eigenvalue weighted by molar-refractivity contribution is -0.126. The summed E-state index contributed by atoms with van der Waals surface area (Å²) in [7, 11) is -3.38. The number of ether oxygens (including phenoxy) is 1. The van der Waals surface area contributed by atoms with Gasteiger partial charge in [0.05, 0.1) is 19.0 Å². The Balaban J connectivity index is 1.38. The molecule has 7 heteroatoms. The van der Waals surface area contributed by atoms with Crippen LogP contribution in [-0.2, 0) is 31.9 Å². The van der Waals surface area contributed by atoms with Crippen LogP contribution in [-0.4, -0.2) is 44.9 Å². The number of carbonyl (C=O) groups is 1. The molecule has 1 saturated heterocycles. The molecular formula is C23H30N2O4S. The van der Waals surface area contributed by atoms with E-state index in [0.717, 1.165) is 16.7 Å². The van der Waals surface area contributed by atoms with Crippen LogP contribution >= 0.6 is 0 Å². The number of sulfonamides is 1. The zero-order chi connectivity index (χ0) is 21.4. The molecule has 30 heavy (non-hydrogen) atoms. The number of benzene rings is 2. The minimum Gasteiger partial charge on any atom is -0.375 e. The van der Waals surface area contributed by atoms with Crippen molar-refractivity contribution in [2.45, 2.75) is 32.1 Å². The van der Waals surface area contributed by atoms with Crippen LogP contribution in [0.3, 0.4) is 0 Å². The molecular weight excluding hydrogens is 400 g/mol. The van der Waals surface area contributed by atoms with Gasteiger partial charge < -0.3 is 10.1 Å². The quantitative estimate of drug-likeness (QED) is 0.621. The molecule has 0 radical (unpaired) electrons. The Morgan fingerprint density at radius 2 is 1.73 bits per heavy atom. The highest BCUT2D eigenvalue weighted by atomic mass is 32.2. The fraction of sp³-hybridized carbons (Fsp3) is 0.435. The molecule has 1 N–H and O–H groups in total. The maximum Gasteiger partial charge on any atom is 0.223 e. The first kappa shape index (κ1) is 22.5. The number of nitrogens with one attached hydrogen (secondary N) is 1. The number of rotatable bonds is 9. The van der Waals surface area contributed by atoms with Crippen LogP contribution in [0, 0.1) is 12.8 Å². The summed E-state index contributed by atoms with van der Waals surface area (Å²) in [5, 5.41) is 2.91. The third kappa shape index (κ3) is 6.39. The van der Waals surface area contributed by atoms with Gasteiger partial charge in [0.2, 0.25) is 15.9 Å². The van der Waals surface area contributed by atoms with Crippen molar-refractivity contribution in [3.05, 3.63) is 71.3 Å². The molecule has 0 aromatic heterocycles.